The van der Waals surface area contributed by atoms with Crippen LogP contribution in [0.4, 0.5) is 8.78 Å². The molecule has 0 amide bonds. The second kappa shape index (κ2) is 6.26. The Bertz CT molecular complexity index is 444. The lowest BCUT2D eigenvalue weighted by atomic mass is 10.1. The molecular formula is C10H11Cl2F2NO3. The standard InChI is InChI=1S/C10H11Cl2F2NO3/c1-16-7-4(3-15)8(18-10(13)14)6(12)9(17-2)5(7)11/h10H,3,15H2,1-2H3. The lowest BCUT2D eigenvalue weighted by Crippen LogP contribution is -2.10. The first-order valence-electron chi connectivity index (χ1n) is 4.74. The quantitative estimate of drug-likeness (QED) is 0.908. The van der Waals surface area contributed by atoms with E-state index < -0.39 is 6.61 Å². The molecule has 0 spiro atoms. The van der Waals surface area contributed by atoms with Gasteiger partial charge in [0.05, 0.1) is 19.8 Å². The number of hydrogen-bond acceptors (Lipinski definition) is 4. The van der Waals surface area contributed by atoms with Crippen LogP contribution in [0.1, 0.15) is 5.56 Å². The Hall–Kier alpha value is -0.980. The third kappa shape index (κ3) is 2.71. The van der Waals surface area contributed by atoms with E-state index in [4.69, 9.17) is 38.4 Å². The van der Waals surface area contributed by atoms with Crippen molar-refractivity contribution < 1.29 is 23.0 Å². The fourth-order valence-electron chi connectivity index (χ4n) is 1.46. The number of rotatable bonds is 5. The third-order valence-corrected chi connectivity index (χ3v) is 2.85. The number of alkyl halides is 2. The maximum absolute atomic E-state index is 12.4. The van der Waals surface area contributed by atoms with Gasteiger partial charge in [0.15, 0.2) is 11.5 Å². The predicted octanol–water partition coefficient (Wildman–Crippen LogP) is 3.07. The summed E-state index contributed by atoms with van der Waals surface area (Å²) in [5, 5.41) is -0.129. The average Bonchev–Trinajstić information content (AvgIpc) is 2.32. The number of hydrogen-bond donors (Lipinski definition) is 1. The number of benzene rings is 1. The molecule has 1 rings (SSSR count). The summed E-state index contributed by atoms with van der Waals surface area (Å²) >= 11 is 11.9. The molecule has 8 heteroatoms. The van der Waals surface area contributed by atoms with E-state index in [0.717, 1.165) is 0 Å². The summed E-state index contributed by atoms with van der Waals surface area (Å²) in [6, 6.07) is 0. The van der Waals surface area contributed by atoms with E-state index in [-0.39, 0.29) is 39.4 Å². The van der Waals surface area contributed by atoms with E-state index >= 15 is 0 Å². The molecule has 0 radical (unpaired) electrons. The monoisotopic (exact) mass is 301 g/mol. The molecule has 0 saturated carbocycles. The van der Waals surface area contributed by atoms with Gasteiger partial charge in [-0.25, -0.2) is 0 Å². The van der Waals surface area contributed by atoms with Gasteiger partial charge in [-0.3, -0.25) is 0 Å². The first-order chi connectivity index (χ1) is 8.47. The molecule has 18 heavy (non-hydrogen) atoms. The number of halogens is 4. The Labute approximate surface area is 113 Å². The summed E-state index contributed by atoms with van der Waals surface area (Å²) in [6.45, 7) is -3.18. The van der Waals surface area contributed by atoms with Crippen molar-refractivity contribution in [1.29, 1.82) is 0 Å². The van der Waals surface area contributed by atoms with Crippen LogP contribution in [0.2, 0.25) is 10.0 Å². The van der Waals surface area contributed by atoms with Gasteiger partial charge >= 0.3 is 6.61 Å². The zero-order chi connectivity index (χ0) is 13.9. The van der Waals surface area contributed by atoms with Crippen molar-refractivity contribution in [2.24, 2.45) is 5.73 Å². The summed E-state index contributed by atoms with van der Waals surface area (Å²) in [6.07, 6.45) is 0. The van der Waals surface area contributed by atoms with Crippen molar-refractivity contribution in [3.05, 3.63) is 15.6 Å². The highest BCUT2D eigenvalue weighted by atomic mass is 35.5. The van der Waals surface area contributed by atoms with Crippen molar-refractivity contribution in [1.82, 2.24) is 0 Å². The largest absolute Gasteiger partial charge is 0.495 e. The van der Waals surface area contributed by atoms with E-state index in [1.54, 1.807) is 0 Å². The molecule has 1 aromatic carbocycles. The van der Waals surface area contributed by atoms with Gasteiger partial charge in [0.1, 0.15) is 15.8 Å². The molecule has 4 nitrogen and oxygen atoms in total. The smallest absolute Gasteiger partial charge is 0.387 e. The molecule has 0 heterocycles. The van der Waals surface area contributed by atoms with Crippen LogP contribution >= 0.6 is 23.2 Å². The van der Waals surface area contributed by atoms with Gasteiger partial charge < -0.3 is 19.9 Å². The zero-order valence-electron chi connectivity index (χ0n) is 9.60. The van der Waals surface area contributed by atoms with E-state index in [1.165, 1.54) is 14.2 Å². The molecule has 1 aromatic rings. The lowest BCUT2D eigenvalue weighted by molar-refractivity contribution is -0.0505. The SMILES string of the molecule is COc1c(Cl)c(OC)c(CN)c(OC(F)F)c1Cl. The Morgan fingerprint density at radius 3 is 1.94 bits per heavy atom. The van der Waals surface area contributed by atoms with Crippen molar-refractivity contribution >= 4 is 23.2 Å². The van der Waals surface area contributed by atoms with E-state index in [9.17, 15) is 8.78 Å². The Morgan fingerprint density at radius 1 is 1.06 bits per heavy atom. The summed E-state index contributed by atoms with van der Waals surface area (Å²) in [5.74, 6) is -0.216. The Kier molecular flexibility index (Phi) is 5.25. The van der Waals surface area contributed by atoms with Crippen LogP contribution in [0.25, 0.3) is 0 Å². The highest BCUT2D eigenvalue weighted by molar-refractivity contribution is 6.39. The van der Waals surface area contributed by atoms with Crippen LogP contribution in [0.15, 0.2) is 0 Å². The van der Waals surface area contributed by atoms with Gasteiger partial charge in [-0.05, 0) is 0 Å². The number of nitrogens with two attached hydrogens (primary N) is 1. The summed E-state index contributed by atoms with van der Waals surface area (Å²) in [4.78, 5) is 0. The number of ether oxygens (including phenoxy) is 3. The molecule has 0 fully saturated rings. The van der Waals surface area contributed by atoms with Crippen LogP contribution in [0, 0.1) is 0 Å². The third-order valence-electron chi connectivity index (χ3n) is 2.16. The van der Waals surface area contributed by atoms with Crippen LogP contribution in [0.5, 0.6) is 17.2 Å². The first-order valence-corrected chi connectivity index (χ1v) is 5.50. The van der Waals surface area contributed by atoms with Gasteiger partial charge in [-0.15, -0.1) is 0 Å². The predicted molar refractivity (Wildman–Crippen MR) is 64.1 cm³/mol. The molecule has 0 aliphatic carbocycles. The van der Waals surface area contributed by atoms with Crippen molar-refractivity contribution in [3.63, 3.8) is 0 Å². The van der Waals surface area contributed by atoms with Gasteiger partial charge in [0, 0.05) is 6.54 Å². The van der Waals surface area contributed by atoms with Crippen molar-refractivity contribution in [2.45, 2.75) is 13.2 Å². The minimum atomic E-state index is -3.05. The summed E-state index contributed by atoms with van der Waals surface area (Å²) < 4.78 is 39.0. The molecular weight excluding hydrogens is 291 g/mol. The topological polar surface area (TPSA) is 53.7 Å². The van der Waals surface area contributed by atoms with Crippen LogP contribution < -0.4 is 19.9 Å². The van der Waals surface area contributed by atoms with Crippen LogP contribution in [-0.4, -0.2) is 20.8 Å². The zero-order valence-corrected chi connectivity index (χ0v) is 11.1. The fraction of sp³-hybridized carbons (Fsp3) is 0.400. The Morgan fingerprint density at radius 2 is 1.56 bits per heavy atom. The minimum absolute atomic E-state index is 0.0111. The molecule has 0 unspecified atom stereocenters. The molecule has 0 aromatic heterocycles. The summed E-state index contributed by atoms with van der Waals surface area (Å²) in [5.41, 5.74) is 5.62. The van der Waals surface area contributed by atoms with E-state index in [2.05, 4.69) is 4.74 Å². The fourth-order valence-corrected chi connectivity index (χ4v) is 2.20. The van der Waals surface area contributed by atoms with Gasteiger partial charge in [0.2, 0.25) is 0 Å². The second-order valence-corrected chi connectivity index (χ2v) is 3.84. The van der Waals surface area contributed by atoms with Crippen molar-refractivity contribution in [3.8, 4) is 17.2 Å². The van der Waals surface area contributed by atoms with Gasteiger partial charge in [-0.1, -0.05) is 23.2 Å². The van der Waals surface area contributed by atoms with Gasteiger partial charge in [0.25, 0.3) is 0 Å². The average molecular weight is 302 g/mol. The molecule has 0 atom stereocenters. The van der Waals surface area contributed by atoms with Crippen LogP contribution in [0.3, 0.4) is 0 Å². The second-order valence-electron chi connectivity index (χ2n) is 3.08. The molecule has 0 aliphatic rings. The minimum Gasteiger partial charge on any atom is -0.495 e. The molecule has 0 saturated heterocycles. The van der Waals surface area contributed by atoms with Crippen molar-refractivity contribution in [2.75, 3.05) is 14.2 Å². The van der Waals surface area contributed by atoms with Gasteiger partial charge in [-0.2, -0.15) is 8.78 Å². The maximum atomic E-state index is 12.4. The molecule has 0 bridgehead atoms. The van der Waals surface area contributed by atoms with E-state index in [0.29, 0.717) is 0 Å². The molecule has 102 valence electrons. The summed E-state index contributed by atoms with van der Waals surface area (Å²) in [7, 11) is 2.61. The normalized spacial score (nSPS) is 10.7. The Balaban J connectivity index is 3.55. The maximum Gasteiger partial charge on any atom is 0.387 e. The highest BCUT2D eigenvalue weighted by Gasteiger charge is 2.25. The molecule has 2 N–H and O–H groups in total. The number of methoxy groups -OCH3 is 2. The van der Waals surface area contributed by atoms with E-state index in [1.807, 2.05) is 0 Å². The highest BCUT2D eigenvalue weighted by Crippen LogP contribution is 2.49. The van der Waals surface area contributed by atoms with Crippen LogP contribution in [-0.2, 0) is 6.54 Å². The first kappa shape index (κ1) is 15.1. The lowest BCUT2D eigenvalue weighted by Gasteiger charge is -2.19. The molecule has 0 aliphatic heterocycles.